The smallest absolute Gasteiger partial charge is 0.254 e. The van der Waals surface area contributed by atoms with Gasteiger partial charge in [-0.1, -0.05) is 12.1 Å². The summed E-state index contributed by atoms with van der Waals surface area (Å²) in [5, 5.41) is 0. The van der Waals surface area contributed by atoms with E-state index in [1.54, 1.807) is 43.1 Å². The molecule has 144 valence electrons. The Hall–Kier alpha value is -2.54. The zero-order valence-electron chi connectivity index (χ0n) is 15.8. The van der Waals surface area contributed by atoms with Crippen molar-refractivity contribution in [2.75, 3.05) is 20.2 Å². The van der Waals surface area contributed by atoms with Crippen molar-refractivity contribution in [1.29, 1.82) is 0 Å². The van der Waals surface area contributed by atoms with Gasteiger partial charge in [0, 0.05) is 38.5 Å². The number of amides is 1. The fourth-order valence-electron chi connectivity index (χ4n) is 3.18. The molecule has 2 aromatic rings. The normalized spacial score (nSPS) is 17.6. The molecule has 0 bridgehead atoms. The van der Waals surface area contributed by atoms with Crippen molar-refractivity contribution in [3.05, 3.63) is 48.2 Å². The van der Waals surface area contributed by atoms with Gasteiger partial charge in [0.25, 0.3) is 5.91 Å². The van der Waals surface area contributed by atoms with Crippen LogP contribution in [0.3, 0.4) is 0 Å². The van der Waals surface area contributed by atoms with E-state index in [9.17, 15) is 9.18 Å². The molecule has 6 nitrogen and oxygen atoms in total. The Morgan fingerprint density at radius 2 is 2.00 bits per heavy atom. The lowest BCUT2D eigenvalue weighted by Crippen LogP contribution is -2.49. The Morgan fingerprint density at radius 1 is 1.26 bits per heavy atom. The number of ether oxygens (including phenoxy) is 2. The number of para-hydroxylation sites is 1. The van der Waals surface area contributed by atoms with Crippen LogP contribution in [0, 0.1) is 5.82 Å². The fourth-order valence-corrected chi connectivity index (χ4v) is 3.18. The summed E-state index contributed by atoms with van der Waals surface area (Å²) >= 11 is 0. The van der Waals surface area contributed by atoms with E-state index in [2.05, 4.69) is 9.97 Å². The van der Waals surface area contributed by atoms with Crippen molar-refractivity contribution in [3.63, 3.8) is 0 Å². The van der Waals surface area contributed by atoms with Crippen LogP contribution in [0.1, 0.15) is 38.3 Å². The van der Waals surface area contributed by atoms with Gasteiger partial charge in [0.2, 0.25) is 5.88 Å². The van der Waals surface area contributed by atoms with Crippen LogP contribution in [0.2, 0.25) is 0 Å². The molecule has 7 heteroatoms. The van der Waals surface area contributed by atoms with Gasteiger partial charge < -0.3 is 14.4 Å². The second kappa shape index (κ2) is 8.00. The number of benzene rings is 1. The van der Waals surface area contributed by atoms with Gasteiger partial charge in [0.1, 0.15) is 11.3 Å². The van der Waals surface area contributed by atoms with Crippen molar-refractivity contribution in [1.82, 2.24) is 14.9 Å². The quantitative estimate of drug-likeness (QED) is 0.802. The molecule has 1 amide bonds. The third-order valence-corrected chi connectivity index (χ3v) is 4.86. The monoisotopic (exact) mass is 373 g/mol. The molecule has 1 aromatic heterocycles. The molecule has 0 radical (unpaired) electrons. The first-order valence-corrected chi connectivity index (χ1v) is 9.00. The molecule has 0 N–H and O–H groups in total. The van der Waals surface area contributed by atoms with Gasteiger partial charge in [-0.3, -0.25) is 9.78 Å². The van der Waals surface area contributed by atoms with E-state index in [4.69, 9.17) is 9.47 Å². The molecule has 0 aliphatic carbocycles. The van der Waals surface area contributed by atoms with Gasteiger partial charge in [-0.15, -0.1) is 0 Å². The van der Waals surface area contributed by atoms with Crippen LogP contribution in [0.4, 0.5) is 4.39 Å². The summed E-state index contributed by atoms with van der Waals surface area (Å²) in [6.07, 6.45) is 4.79. The van der Waals surface area contributed by atoms with E-state index < -0.39 is 11.4 Å². The Bertz CT molecular complexity index is 813. The average molecular weight is 373 g/mol. The third kappa shape index (κ3) is 4.24. The highest BCUT2D eigenvalue weighted by atomic mass is 19.1. The first-order chi connectivity index (χ1) is 12.9. The molecule has 1 aliphatic rings. The van der Waals surface area contributed by atoms with Crippen molar-refractivity contribution in [2.24, 2.45) is 0 Å². The van der Waals surface area contributed by atoms with Crippen LogP contribution >= 0.6 is 0 Å². The van der Waals surface area contributed by atoms with Crippen molar-refractivity contribution < 1.29 is 18.7 Å². The maximum Gasteiger partial charge on any atom is 0.254 e. The van der Waals surface area contributed by atoms with Gasteiger partial charge in [0.05, 0.1) is 0 Å². The van der Waals surface area contributed by atoms with Crippen LogP contribution in [-0.4, -0.2) is 46.6 Å². The minimum absolute atomic E-state index is 0.0363. The van der Waals surface area contributed by atoms with E-state index in [0.717, 1.165) is 12.8 Å². The third-order valence-electron chi connectivity index (χ3n) is 4.86. The number of halogens is 1. The number of carbonyl (C=O) groups is 1. The molecule has 1 fully saturated rings. The topological polar surface area (TPSA) is 64.5 Å². The maximum atomic E-state index is 13.9. The number of likely N-dealkylation sites (tertiary alicyclic amines) is 1. The number of aromatic nitrogens is 2. The van der Waals surface area contributed by atoms with Crippen molar-refractivity contribution >= 4 is 5.91 Å². The Morgan fingerprint density at radius 3 is 2.74 bits per heavy atom. The summed E-state index contributed by atoms with van der Waals surface area (Å²) in [7, 11) is 1.53. The summed E-state index contributed by atoms with van der Waals surface area (Å²) in [6.45, 7) is 4.69. The Kier molecular flexibility index (Phi) is 5.70. The zero-order valence-corrected chi connectivity index (χ0v) is 15.8. The molecule has 1 aliphatic heterocycles. The van der Waals surface area contributed by atoms with E-state index >= 15 is 0 Å². The molecule has 0 saturated carbocycles. The van der Waals surface area contributed by atoms with E-state index in [0.29, 0.717) is 18.8 Å². The molecule has 27 heavy (non-hydrogen) atoms. The predicted molar refractivity (Wildman–Crippen MR) is 98.1 cm³/mol. The van der Waals surface area contributed by atoms with Gasteiger partial charge in [-0.05, 0) is 38.8 Å². The number of carbonyl (C=O) groups excluding carboxylic acids is 1. The molecule has 2 heterocycles. The molecule has 0 unspecified atom stereocenters. The lowest BCUT2D eigenvalue weighted by Gasteiger charge is -2.37. The number of methoxy groups -OCH3 is 1. The molecular weight excluding hydrogens is 349 g/mol. The number of nitrogens with zero attached hydrogens (tertiary/aromatic N) is 3. The van der Waals surface area contributed by atoms with Crippen LogP contribution in [0.15, 0.2) is 36.7 Å². The zero-order chi connectivity index (χ0) is 19.4. The number of rotatable bonds is 5. The van der Waals surface area contributed by atoms with Crippen LogP contribution in [-0.2, 0) is 9.53 Å². The van der Waals surface area contributed by atoms with Crippen LogP contribution in [0.5, 0.6) is 11.6 Å². The highest BCUT2D eigenvalue weighted by molar-refractivity contribution is 5.84. The number of piperidine rings is 1. The molecule has 3 rings (SSSR count). The Balaban J connectivity index is 1.82. The second-order valence-corrected chi connectivity index (χ2v) is 7.08. The summed E-state index contributed by atoms with van der Waals surface area (Å²) in [4.78, 5) is 23.2. The maximum absolute atomic E-state index is 13.9. The molecular formula is C20H24FN3O3. The van der Waals surface area contributed by atoms with E-state index in [1.165, 1.54) is 19.4 Å². The fraction of sp³-hybridized carbons (Fsp3) is 0.450. The van der Waals surface area contributed by atoms with Gasteiger partial charge in [0.15, 0.2) is 11.6 Å². The van der Waals surface area contributed by atoms with Gasteiger partial charge in [-0.25, -0.2) is 9.37 Å². The van der Waals surface area contributed by atoms with Gasteiger partial charge >= 0.3 is 0 Å². The lowest BCUT2D eigenvalue weighted by molar-refractivity contribution is -0.152. The SMILES string of the molecule is COC(C)(C)C(=O)N1CCC[C@H](c2nccnc2Oc2ccccc2F)C1. The van der Waals surface area contributed by atoms with E-state index in [-0.39, 0.29) is 23.5 Å². The molecule has 1 aromatic carbocycles. The van der Waals surface area contributed by atoms with Crippen LogP contribution < -0.4 is 4.74 Å². The number of hydrogen-bond donors (Lipinski definition) is 0. The van der Waals surface area contributed by atoms with E-state index in [1.807, 2.05) is 0 Å². The molecule has 1 saturated heterocycles. The summed E-state index contributed by atoms with van der Waals surface area (Å²) in [5.74, 6) is -0.186. The highest BCUT2D eigenvalue weighted by Gasteiger charge is 2.36. The predicted octanol–water partition coefficient (Wildman–Crippen LogP) is 3.54. The summed E-state index contributed by atoms with van der Waals surface area (Å²) in [6, 6.07) is 6.18. The summed E-state index contributed by atoms with van der Waals surface area (Å²) < 4.78 is 25.0. The second-order valence-electron chi connectivity index (χ2n) is 7.08. The summed E-state index contributed by atoms with van der Waals surface area (Å²) in [5.41, 5.74) is -0.245. The van der Waals surface area contributed by atoms with Crippen molar-refractivity contribution in [2.45, 2.75) is 38.2 Å². The minimum atomic E-state index is -0.878. The number of hydrogen-bond acceptors (Lipinski definition) is 5. The highest BCUT2D eigenvalue weighted by Crippen LogP contribution is 2.34. The Labute approximate surface area is 158 Å². The molecule has 1 atom stereocenters. The van der Waals surface area contributed by atoms with Crippen LogP contribution in [0.25, 0.3) is 0 Å². The first kappa shape index (κ1) is 19.2. The average Bonchev–Trinajstić information content (AvgIpc) is 2.69. The molecule has 0 spiro atoms. The van der Waals surface area contributed by atoms with Crippen molar-refractivity contribution in [3.8, 4) is 11.6 Å². The first-order valence-electron chi connectivity index (χ1n) is 9.00. The standard InChI is InChI=1S/C20H24FN3O3/c1-20(2,26-3)19(25)24-12-6-7-14(13-24)17-18(23-11-10-22-17)27-16-9-5-4-8-15(16)21/h4-5,8-11,14H,6-7,12-13H2,1-3H3/t14-/m0/s1. The minimum Gasteiger partial charge on any atom is -0.434 e. The largest absolute Gasteiger partial charge is 0.434 e. The van der Waals surface area contributed by atoms with Gasteiger partial charge in [-0.2, -0.15) is 0 Å². The lowest BCUT2D eigenvalue weighted by atomic mass is 9.93.